The quantitative estimate of drug-likeness (QED) is 0.779. The lowest BCUT2D eigenvalue weighted by molar-refractivity contribution is 0.0358. The van der Waals surface area contributed by atoms with Crippen molar-refractivity contribution in [3.8, 4) is 5.75 Å². The molecule has 2 aromatic rings. The average molecular weight is 383 g/mol. The van der Waals surface area contributed by atoms with Crippen molar-refractivity contribution in [2.75, 3.05) is 52.5 Å². The van der Waals surface area contributed by atoms with Gasteiger partial charge in [0.05, 0.1) is 19.8 Å². The molecule has 2 saturated heterocycles. The lowest BCUT2D eigenvalue weighted by atomic mass is 9.83. The van der Waals surface area contributed by atoms with Crippen molar-refractivity contribution < 1.29 is 9.47 Å². The first-order valence-electron chi connectivity index (χ1n) is 10.7. The maximum absolute atomic E-state index is 6.14. The average Bonchev–Trinajstić information content (AvgIpc) is 3.43. The number of rotatable bonds is 6. The van der Waals surface area contributed by atoms with E-state index in [1.165, 1.54) is 36.2 Å². The van der Waals surface area contributed by atoms with Crippen LogP contribution in [-0.4, -0.2) is 72.5 Å². The van der Waals surface area contributed by atoms with Crippen molar-refractivity contribution in [3.63, 3.8) is 0 Å². The summed E-state index contributed by atoms with van der Waals surface area (Å²) in [5.41, 5.74) is 4.10. The monoisotopic (exact) mass is 382 g/mol. The van der Waals surface area contributed by atoms with E-state index in [1.54, 1.807) is 0 Å². The Hall–Kier alpha value is -1.89. The zero-order valence-electron chi connectivity index (χ0n) is 16.5. The second kappa shape index (κ2) is 8.23. The van der Waals surface area contributed by atoms with Gasteiger partial charge in [-0.1, -0.05) is 6.07 Å². The van der Waals surface area contributed by atoms with Gasteiger partial charge >= 0.3 is 0 Å². The molecule has 5 rings (SSSR count). The summed E-state index contributed by atoms with van der Waals surface area (Å²) < 4.78 is 11.6. The fraction of sp³-hybridized carbons (Fsp3) is 0.591. The number of H-pyrrole nitrogens is 1. The van der Waals surface area contributed by atoms with E-state index in [9.17, 15) is 0 Å². The highest BCUT2D eigenvalue weighted by Gasteiger charge is 2.37. The Morgan fingerprint density at radius 2 is 2.07 bits per heavy atom. The molecular formula is C22H30N4O2. The molecule has 0 spiro atoms. The van der Waals surface area contributed by atoms with Gasteiger partial charge in [-0.05, 0) is 55.1 Å². The van der Waals surface area contributed by atoms with Gasteiger partial charge in [0.15, 0.2) is 0 Å². The van der Waals surface area contributed by atoms with Crippen LogP contribution in [0.1, 0.15) is 48.0 Å². The van der Waals surface area contributed by atoms with Gasteiger partial charge in [-0.2, -0.15) is 5.10 Å². The molecule has 0 radical (unpaired) electrons. The van der Waals surface area contributed by atoms with Crippen LogP contribution in [0.4, 0.5) is 0 Å². The summed E-state index contributed by atoms with van der Waals surface area (Å²) in [6, 6.07) is 9.40. The van der Waals surface area contributed by atoms with Gasteiger partial charge in [-0.3, -0.25) is 14.9 Å². The molecule has 2 fully saturated rings. The summed E-state index contributed by atoms with van der Waals surface area (Å²) in [7, 11) is 0. The van der Waals surface area contributed by atoms with Gasteiger partial charge in [0.2, 0.25) is 0 Å². The molecule has 0 amide bonds. The number of aromatic nitrogens is 2. The maximum Gasteiger partial charge on any atom is 0.119 e. The minimum absolute atomic E-state index is 0.377. The molecule has 4 heterocycles. The maximum atomic E-state index is 6.14. The third kappa shape index (κ3) is 3.69. The van der Waals surface area contributed by atoms with Crippen LogP contribution in [0.2, 0.25) is 0 Å². The molecule has 3 aliphatic rings. The first-order chi connectivity index (χ1) is 13.9. The Labute approximate surface area is 166 Å². The smallest absolute Gasteiger partial charge is 0.119 e. The summed E-state index contributed by atoms with van der Waals surface area (Å²) in [6.07, 6.45) is 5.45. The van der Waals surface area contributed by atoms with Crippen LogP contribution in [0.5, 0.6) is 5.75 Å². The Morgan fingerprint density at radius 1 is 1.14 bits per heavy atom. The van der Waals surface area contributed by atoms with Gasteiger partial charge in [-0.15, -0.1) is 0 Å². The molecule has 1 N–H and O–H groups in total. The Balaban J connectivity index is 1.27. The summed E-state index contributed by atoms with van der Waals surface area (Å²) >= 11 is 0. The zero-order valence-corrected chi connectivity index (χ0v) is 16.5. The first kappa shape index (κ1) is 18.2. The summed E-state index contributed by atoms with van der Waals surface area (Å²) in [5, 5.41) is 7.38. The van der Waals surface area contributed by atoms with Crippen molar-refractivity contribution in [2.24, 2.45) is 0 Å². The molecular weight excluding hydrogens is 352 g/mol. The third-order valence-electron chi connectivity index (χ3n) is 6.46. The number of fused-ring (bicyclic) bond motifs is 3. The van der Waals surface area contributed by atoms with Crippen LogP contribution in [0.25, 0.3) is 0 Å². The molecule has 1 aromatic carbocycles. The number of aromatic amines is 1. The van der Waals surface area contributed by atoms with Crippen LogP contribution in [0.3, 0.4) is 0 Å². The van der Waals surface area contributed by atoms with E-state index in [1.807, 2.05) is 6.20 Å². The van der Waals surface area contributed by atoms with E-state index in [0.29, 0.717) is 12.0 Å². The number of hydrogen-bond acceptors (Lipinski definition) is 5. The molecule has 28 heavy (non-hydrogen) atoms. The molecule has 150 valence electrons. The summed E-state index contributed by atoms with van der Waals surface area (Å²) in [5.74, 6) is 1.39. The SMILES string of the molecule is c1cc([C@H]2CN3CCC[C@H]3c3cc(OCCCN4CCOCC4)ccc32)[nH]n1. The molecule has 0 saturated carbocycles. The molecule has 6 nitrogen and oxygen atoms in total. The predicted octanol–water partition coefficient (Wildman–Crippen LogP) is 2.79. The van der Waals surface area contributed by atoms with E-state index in [4.69, 9.17) is 9.47 Å². The fourth-order valence-corrected chi connectivity index (χ4v) is 5.01. The van der Waals surface area contributed by atoms with Gasteiger partial charge in [0.25, 0.3) is 0 Å². The minimum atomic E-state index is 0.377. The number of nitrogens with zero attached hydrogens (tertiary/aromatic N) is 3. The third-order valence-corrected chi connectivity index (χ3v) is 6.46. The molecule has 1 aromatic heterocycles. The second-order valence-corrected chi connectivity index (χ2v) is 8.16. The number of ether oxygens (including phenoxy) is 2. The molecule has 6 heteroatoms. The normalized spacial score (nSPS) is 25.4. The van der Waals surface area contributed by atoms with Crippen molar-refractivity contribution >= 4 is 0 Å². The Morgan fingerprint density at radius 3 is 2.93 bits per heavy atom. The van der Waals surface area contributed by atoms with Crippen molar-refractivity contribution in [1.29, 1.82) is 0 Å². The highest BCUT2D eigenvalue weighted by molar-refractivity contribution is 5.45. The highest BCUT2D eigenvalue weighted by Crippen LogP contribution is 2.44. The van der Waals surface area contributed by atoms with Gasteiger partial charge in [0, 0.05) is 50.0 Å². The molecule has 0 unspecified atom stereocenters. The lowest BCUT2D eigenvalue weighted by Crippen LogP contribution is -2.37. The highest BCUT2D eigenvalue weighted by atomic mass is 16.5. The molecule has 0 bridgehead atoms. The largest absolute Gasteiger partial charge is 0.494 e. The van der Waals surface area contributed by atoms with Crippen LogP contribution < -0.4 is 4.74 Å². The van der Waals surface area contributed by atoms with Gasteiger partial charge < -0.3 is 9.47 Å². The fourth-order valence-electron chi connectivity index (χ4n) is 5.01. The first-order valence-corrected chi connectivity index (χ1v) is 10.7. The summed E-state index contributed by atoms with van der Waals surface area (Å²) in [4.78, 5) is 5.10. The van der Waals surface area contributed by atoms with Crippen molar-refractivity contribution in [3.05, 3.63) is 47.3 Å². The van der Waals surface area contributed by atoms with Gasteiger partial charge in [0.1, 0.15) is 5.75 Å². The lowest BCUT2D eigenvalue weighted by Gasteiger charge is -2.37. The Bertz CT molecular complexity index is 773. The standard InChI is InChI=1S/C22H30N4O2/c1-3-22-19-15-17(28-12-2-8-25-10-13-27-14-11-25)4-5-18(19)20(16-26(22)9-1)21-6-7-23-24-21/h4-7,15,20,22H,1-3,8-14,16H2,(H,23,24)/t20-,22-/m0/s1. The van der Waals surface area contributed by atoms with Crippen molar-refractivity contribution in [2.45, 2.75) is 31.2 Å². The molecule has 3 aliphatic heterocycles. The van der Waals surface area contributed by atoms with Crippen LogP contribution in [0, 0.1) is 0 Å². The number of nitrogens with one attached hydrogen (secondary N) is 1. The summed E-state index contributed by atoms with van der Waals surface area (Å²) in [6.45, 7) is 7.96. The zero-order chi connectivity index (χ0) is 18.8. The van der Waals surface area contributed by atoms with E-state index in [0.717, 1.165) is 58.2 Å². The van der Waals surface area contributed by atoms with E-state index in [-0.39, 0.29) is 0 Å². The topological polar surface area (TPSA) is 53.6 Å². The van der Waals surface area contributed by atoms with Crippen molar-refractivity contribution in [1.82, 2.24) is 20.0 Å². The van der Waals surface area contributed by atoms with Crippen LogP contribution in [0.15, 0.2) is 30.5 Å². The second-order valence-electron chi connectivity index (χ2n) is 8.16. The van der Waals surface area contributed by atoms with E-state index < -0.39 is 0 Å². The molecule has 2 atom stereocenters. The van der Waals surface area contributed by atoms with E-state index in [2.05, 4.69) is 44.3 Å². The number of morpholine rings is 1. The minimum Gasteiger partial charge on any atom is -0.494 e. The van der Waals surface area contributed by atoms with Crippen LogP contribution >= 0.6 is 0 Å². The van der Waals surface area contributed by atoms with Gasteiger partial charge in [-0.25, -0.2) is 0 Å². The molecule has 0 aliphatic carbocycles. The van der Waals surface area contributed by atoms with Crippen LogP contribution in [-0.2, 0) is 4.74 Å². The predicted molar refractivity (Wildman–Crippen MR) is 108 cm³/mol. The number of benzene rings is 1. The Kier molecular flexibility index (Phi) is 5.34. The number of hydrogen-bond donors (Lipinski definition) is 1. The van der Waals surface area contributed by atoms with E-state index >= 15 is 0 Å².